The van der Waals surface area contributed by atoms with Gasteiger partial charge in [0.05, 0.1) is 17.7 Å². The smallest absolute Gasteiger partial charge is 0.264 e. The summed E-state index contributed by atoms with van der Waals surface area (Å²) in [5.74, 6) is -0.424. The van der Waals surface area contributed by atoms with Gasteiger partial charge in [-0.1, -0.05) is 78.9 Å². The Kier molecular flexibility index (Phi) is 10.3. The molecule has 0 radical (unpaired) electrons. The summed E-state index contributed by atoms with van der Waals surface area (Å²) in [6, 6.07) is 20.2. The lowest BCUT2D eigenvalue weighted by molar-refractivity contribution is -0.139. The maximum absolute atomic E-state index is 14.2. The number of carbonyl (C=O) groups is 2. The molecule has 1 fully saturated rings. The summed E-state index contributed by atoms with van der Waals surface area (Å²) in [5.41, 5.74) is 3.03. The van der Waals surface area contributed by atoms with Crippen molar-refractivity contribution in [2.45, 2.75) is 76.4 Å². The van der Waals surface area contributed by atoms with Crippen molar-refractivity contribution in [1.29, 1.82) is 0 Å². The number of rotatable bonds is 11. The molecule has 3 aromatic carbocycles. The third-order valence-electron chi connectivity index (χ3n) is 7.80. The highest BCUT2D eigenvalue weighted by molar-refractivity contribution is 7.92. The summed E-state index contributed by atoms with van der Waals surface area (Å²) in [5, 5.41) is 3.13. The Morgan fingerprint density at radius 1 is 0.929 bits per heavy atom. The van der Waals surface area contributed by atoms with Gasteiger partial charge in [0, 0.05) is 12.6 Å². The number of benzene rings is 3. The van der Waals surface area contributed by atoms with Crippen LogP contribution in [0, 0.1) is 13.8 Å². The number of aryl methyl sites for hydroxylation is 2. The number of sulfonamides is 1. The molecule has 2 amide bonds. The number of nitrogens with zero attached hydrogens (tertiary/aromatic N) is 2. The number of anilines is 1. The highest BCUT2D eigenvalue weighted by atomic mass is 32.2. The minimum Gasteiger partial charge on any atom is -0.495 e. The number of hydrogen-bond donors (Lipinski definition) is 1. The van der Waals surface area contributed by atoms with Crippen LogP contribution in [0.3, 0.4) is 0 Å². The van der Waals surface area contributed by atoms with E-state index in [0.717, 1.165) is 53.1 Å². The van der Waals surface area contributed by atoms with Crippen LogP contribution in [0.25, 0.3) is 0 Å². The molecule has 42 heavy (non-hydrogen) atoms. The van der Waals surface area contributed by atoms with Gasteiger partial charge in [-0.3, -0.25) is 13.9 Å². The second-order valence-electron chi connectivity index (χ2n) is 11.0. The third-order valence-corrected chi connectivity index (χ3v) is 9.57. The van der Waals surface area contributed by atoms with E-state index >= 15 is 0 Å². The molecule has 3 aromatic rings. The first kappa shape index (κ1) is 31.1. The van der Waals surface area contributed by atoms with E-state index in [-0.39, 0.29) is 29.1 Å². The molecule has 1 unspecified atom stereocenters. The largest absolute Gasteiger partial charge is 0.495 e. The van der Waals surface area contributed by atoms with E-state index < -0.39 is 28.5 Å². The maximum atomic E-state index is 14.2. The fraction of sp³-hybridized carbons (Fsp3) is 0.394. The molecule has 9 heteroatoms. The number of nitrogens with one attached hydrogen (secondary N) is 1. The summed E-state index contributed by atoms with van der Waals surface area (Å²) in [6.45, 7) is 5.19. The summed E-state index contributed by atoms with van der Waals surface area (Å²) in [7, 11) is -2.72. The molecular formula is C33H41N3O5S. The van der Waals surface area contributed by atoms with Crippen LogP contribution in [0.4, 0.5) is 5.69 Å². The Morgan fingerprint density at radius 3 is 2.29 bits per heavy atom. The van der Waals surface area contributed by atoms with Gasteiger partial charge in [-0.25, -0.2) is 8.42 Å². The second-order valence-corrected chi connectivity index (χ2v) is 12.9. The third kappa shape index (κ3) is 7.50. The van der Waals surface area contributed by atoms with E-state index in [1.807, 2.05) is 38.1 Å². The molecule has 0 heterocycles. The second kappa shape index (κ2) is 13.9. The first-order valence-electron chi connectivity index (χ1n) is 14.5. The standard InChI is InChI=1S/C33H41N3O5S/c1-24-17-19-29(20-18-24)42(39,40)36(30-15-8-9-16-31(30)41-4)23-32(37)35(22-27-12-10-11-25(2)21-27)26(3)33(38)34-28-13-6-5-7-14-28/h8-12,15-21,26,28H,5-7,13-14,22-23H2,1-4H3,(H,34,38). The number of amides is 2. The monoisotopic (exact) mass is 591 g/mol. The predicted octanol–water partition coefficient (Wildman–Crippen LogP) is 5.37. The van der Waals surface area contributed by atoms with Gasteiger partial charge in [0.1, 0.15) is 18.3 Å². The topological polar surface area (TPSA) is 96.0 Å². The zero-order chi connectivity index (χ0) is 30.3. The normalized spacial score (nSPS) is 14.6. The van der Waals surface area contributed by atoms with Crippen LogP contribution in [-0.4, -0.2) is 50.9 Å². The highest BCUT2D eigenvalue weighted by Gasteiger charge is 2.34. The van der Waals surface area contributed by atoms with E-state index in [1.165, 1.54) is 24.1 Å². The van der Waals surface area contributed by atoms with Gasteiger partial charge in [0.25, 0.3) is 10.0 Å². The molecule has 0 spiro atoms. The van der Waals surface area contributed by atoms with E-state index in [0.29, 0.717) is 5.75 Å². The van der Waals surface area contributed by atoms with Gasteiger partial charge in [-0.05, 0) is 63.4 Å². The summed E-state index contributed by atoms with van der Waals surface area (Å²) in [6.07, 6.45) is 5.13. The van der Waals surface area contributed by atoms with E-state index in [4.69, 9.17) is 4.74 Å². The van der Waals surface area contributed by atoms with Crippen molar-refractivity contribution in [3.63, 3.8) is 0 Å². The molecule has 0 aromatic heterocycles. The fourth-order valence-electron chi connectivity index (χ4n) is 5.35. The molecule has 8 nitrogen and oxygen atoms in total. The molecule has 0 aliphatic heterocycles. The van der Waals surface area contributed by atoms with Gasteiger partial charge in [-0.2, -0.15) is 0 Å². The minimum atomic E-state index is -4.17. The number of carbonyl (C=O) groups excluding carboxylic acids is 2. The lowest BCUT2D eigenvalue weighted by Crippen LogP contribution is -2.53. The summed E-state index contributed by atoms with van der Waals surface area (Å²) >= 11 is 0. The maximum Gasteiger partial charge on any atom is 0.264 e. The van der Waals surface area contributed by atoms with Crippen LogP contribution in [0.5, 0.6) is 5.75 Å². The summed E-state index contributed by atoms with van der Waals surface area (Å²) < 4.78 is 34.7. The summed E-state index contributed by atoms with van der Waals surface area (Å²) in [4.78, 5) is 29.2. The van der Waals surface area contributed by atoms with Crippen molar-refractivity contribution in [2.24, 2.45) is 0 Å². The van der Waals surface area contributed by atoms with Gasteiger partial charge in [0.15, 0.2) is 0 Å². The van der Waals surface area contributed by atoms with E-state index in [2.05, 4.69) is 5.32 Å². The molecule has 224 valence electrons. The average molecular weight is 592 g/mol. The van der Waals surface area contributed by atoms with Crippen molar-refractivity contribution in [3.05, 3.63) is 89.5 Å². The highest BCUT2D eigenvalue weighted by Crippen LogP contribution is 2.32. The molecule has 0 saturated heterocycles. The van der Waals surface area contributed by atoms with E-state index in [9.17, 15) is 18.0 Å². The molecule has 1 atom stereocenters. The lowest BCUT2D eigenvalue weighted by atomic mass is 9.95. The molecule has 1 saturated carbocycles. The number of ether oxygens (including phenoxy) is 1. The van der Waals surface area contributed by atoms with Gasteiger partial charge < -0.3 is 15.0 Å². The Morgan fingerprint density at radius 2 is 1.62 bits per heavy atom. The van der Waals surface area contributed by atoms with Gasteiger partial charge in [0.2, 0.25) is 11.8 Å². The average Bonchev–Trinajstić information content (AvgIpc) is 2.99. The Hall–Kier alpha value is -3.85. The zero-order valence-electron chi connectivity index (χ0n) is 24.9. The van der Waals surface area contributed by atoms with Crippen LogP contribution >= 0.6 is 0 Å². The lowest BCUT2D eigenvalue weighted by Gasteiger charge is -2.33. The first-order chi connectivity index (χ1) is 20.1. The number of para-hydroxylation sites is 2. The number of hydrogen-bond acceptors (Lipinski definition) is 5. The minimum absolute atomic E-state index is 0.0557. The molecular weight excluding hydrogens is 550 g/mol. The Labute approximate surface area is 249 Å². The Bertz CT molecular complexity index is 1480. The van der Waals surface area contributed by atoms with Crippen LogP contribution in [0.1, 0.15) is 55.7 Å². The molecule has 1 N–H and O–H groups in total. The van der Waals surface area contributed by atoms with Crippen molar-refractivity contribution in [3.8, 4) is 5.75 Å². The Balaban J connectivity index is 1.70. The number of methoxy groups -OCH3 is 1. The van der Waals surface area contributed by atoms with Crippen molar-refractivity contribution in [1.82, 2.24) is 10.2 Å². The fourth-order valence-corrected chi connectivity index (χ4v) is 6.77. The van der Waals surface area contributed by atoms with Crippen LogP contribution in [0.2, 0.25) is 0 Å². The van der Waals surface area contributed by atoms with Crippen molar-refractivity contribution >= 4 is 27.5 Å². The van der Waals surface area contributed by atoms with Gasteiger partial charge >= 0.3 is 0 Å². The van der Waals surface area contributed by atoms with E-state index in [1.54, 1.807) is 43.3 Å². The van der Waals surface area contributed by atoms with Gasteiger partial charge in [-0.15, -0.1) is 0 Å². The van der Waals surface area contributed by atoms with Crippen molar-refractivity contribution in [2.75, 3.05) is 18.0 Å². The molecule has 0 bridgehead atoms. The zero-order valence-corrected chi connectivity index (χ0v) is 25.7. The first-order valence-corrected chi connectivity index (χ1v) is 15.9. The quantitative estimate of drug-likeness (QED) is 0.323. The molecule has 4 rings (SSSR count). The van der Waals surface area contributed by atoms with Crippen LogP contribution < -0.4 is 14.4 Å². The molecule has 1 aliphatic carbocycles. The van der Waals surface area contributed by atoms with Crippen LogP contribution in [-0.2, 0) is 26.2 Å². The predicted molar refractivity (Wildman–Crippen MR) is 165 cm³/mol. The SMILES string of the molecule is COc1ccccc1N(CC(=O)N(Cc1cccc(C)c1)C(C)C(=O)NC1CCCCC1)S(=O)(=O)c1ccc(C)cc1. The molecule has 1 aliphatic rings. The van der Waals surface area contributed by atoms with Crippen LogP contribution in [0.15, 0.2) is 77.7 Å². The van der Waals surface area contributed by atoms with Crippen molar-refractivity contribution < 1.29 is 22.7 Å².